The maximum Gasteiger partial charge on any atom is 0.119 e. The van der Waals surface area contributed by atoms with E-state index < -0.39 is 6.10 Å². The van der Waals surface area contributed by atoms with Gasteiger partial charge < -0.3 is 20.1 Å². The number of benzene rings is 3. The number of halogens is 1. The highest BCUT2D eigenvalue weighted by molar-refractivity contribution is 6.30. The normalized spacial score (nSPS) is 16.1. The van der Waals surface area contributed by atoms with Crippen molar-refractivity contribution in [3.8, 4) is 5.75 Å². The van der Waals surface area contributed by atoms with Crippen molar-refractivity contribution in [3.63, 3.8) is 0 Å². The molecule has 2 unspecified atom stereocenters. The molecule has 35 heavy (non-hydrogen) atoms. The second kappa shape index (κ2) is 12.9. The van der Waals surface area contributed by atoms with Gasteiger partial charge in [-0.05, 0) is 60.9 Å². The van der Waals surface area contributed by atoms with Crippen molar-refractivity contribution in [2.24, 2.45) is 0 Å². The van der Waals surface area contributed by atoms with Gasteiger partial charge in [0.15, 0.2) is 0 Å². The molecule has 0 aliphatic carbocycles. The summed E-state index contributed by atoms with van der Waals surface area (Å²) in [4.78, 5) is 4.92. The zero-order valence-corrected chi connectivity index (χ0v) is 21.2. The average molecular weight is 494 g/mol. The number of piperazine rings is 1. The summed E-state index contributed by atoms with van der Waals surface area (Å²) in [6.45, 7) is 8.50. The van der Waals surface area contributed by atoms with Crippen molar-refractivity contribution < 1.29 is 9.84 Å². The minimum Gasteiger partial charge on any atom is -0.492 e. The first-order valence-corrected chi connectivity index (χ1v) is 12.9. The van der Waals surface area contributed by atoms with Crippen LogP contribution in [-0.4, -0.2) is 61.9 Å². The molecule has 0 aromatic heterocycles. The highest BCUT2D eigenvalue weighted by Crippen LogP contribution is 2.18. The number of hydrogen-bond acceptors (Lipinski definition) is 5. The van der Waals surface area contributed by atoms with Crippen molar-refractivity contribution in [3.05, 3.63) is 95.0 Å². The molecule has 0 radical (unpaired) electrons. The number of para-hydroxylation sites is 1. The van der Waals surface area contributed by atoms with Crippen LogP contribution in [0, 0.1) is 0 Å². The van der Waals surface area contributed by atoms with Crippen LogP contribution in [0.5, 0.6) is 5.75 Å². The molecule has 1 saturated heterocycles. The summed E-state index contributed by atoms with van der Waals surface area (Å²) in [6, 6.07) is 26.6. The van der Waals surface area contributed by atoms with Crippen molar-refractivity contribution >= 4 is 17.3 Å². The lowest BCUT2D eigenvalue weighted by Gasteiger charge is -2.36. The molecule has 1 aliphatic heterocycles. The monoisotopic (exact) mass is 493 g/mol. The van der Waals surface area contributed by atoms with Gasteiger partial charge in [-0.15, -0.1) is 0 Å². The topological polar surface area (TPSA) is 48.0 Å². The largest absolute Gasteiger partial charge is 0.492 e. The molecule has 0 bridgehead atoms. The fourth-order valence-corrected chi connectivity index (χ4v) is 4.65. The smallest absolute Gasteiger partial charge is 0.119 e. The first-order chi connectivity index (χ1) is 17.1. The Morgan fingerprint density at radius 3 is 2.40 bits per heavy atom. The van der Waals surface area contributed by atoms with E-state index in [9.17, 15) is 5.11 Å². The number of aliphatic hydroxyl groups excluding tert-OH is 1. The first kappa shape index (κ1) is 25.5. The van der Waals surface area contributed by atoms with Gasteiger partial charge in [-0.1, -0.05) is 54.1 Å². The molecule has 3 aromatic carbocycles. The van der Waals surface area contributed by atoms with Crippen LogP contribution in [0.4, 0.5) is 5.69 Å². The van der Waals surface area contributed by atoms with E-state index in [2.05, 4.69) is 76.6 Å². The summed E-state index contributed by atoms with van der Waals surface area (Å²) in [7, 11) is 0. The quantitative estimate of drug-likeness (QED) is 0.402. The number of nitrogens with one attached hydrogen (secondary N) is 1. The Hall–Kier alpha value is -2.57. The summed E-state index contributed by atoms with van der Waals surface area (Å²) in [5.74, 6) is 0.911. The van der Waals surface area contributed by atoms with E-state index in [0.717, 1.165) is 50.5 Å². The molecular weight excluding hydrogens is 458 g/mol. The van der Waals surface area contributed by atoms with E-state index in [-0.39, 0.29) is 6.04 Å². The summed E-state index contributed by atoms with van der Waals surface area (Å²) < 4.78 is 6.00. The van der Waals surface area contributed by atoms with E-state index in [1.54, 1.807) is 0 Å². The van der Waals surface area contributed by atoms with Crippen LogP contribution in [0.1, 0.15) is 24.2 Å². The molecule has 2 N–H and O–H groups in total. The van der Waals surface area contributed by atoms with Gasteiger partial charge in [0.05, 0.1) is 6.10 Å². The summed E-state index contributed by atoms with van der Waals surface area (Å²) in [5.41, 5.74) is 3.38. The van der Waals surface area contributed by atoms with E-state index >= 15 is 0 Å². The molecule has 2 atom stereocenters. The number of aliphatic hydroxyl groups is 1. The van der Waals surface area contributed by atoms with Crippen molar-refractivity contribution in [2.45, 2.75) is 25.5 Å². The molecule has 0 saturated carbocycles. The molecule has 0 amide bonds. The third-order valence-electron chi connectivity index (χ3n) is 6.53. The highest BCUT2D eigenvalue weighted by Gasteiger charge is 2.17. The van der Waals surface area contributed by atoms with Gasteiger partial charge in [0.2, 0.25) is 0 Å². The van der Waals surface area contributed by atoms with Gasteiger partial charge in [0.1, 0.15) is 12.4 Å². The van der Waals surface area contributed by atoms with Gasteiger partial charge >= 0.3 is 0 Å². The maximum absolute atomic E-state index is 10.4. The molecule has 3 aromatic rings. The number of anilines is 1. The van der Waals surface area contributed by atoms with Gasteiger partial charge in [-0.3, -0.25) is 4.90 Å². The third-order valence-corrected chi connectivity index (χ3v) is 6.76. The molecular formula is C29H36ClN3O2. The van der Waals surface area contributed by atoms with Crippen LogP contribution in [-0.2, 0) is 6.42 Å². The van der Waals surface area contributed by atoms with Crippen molar-refractivity contribution in [1.82, 2.24) is 10.2 Å². The minimum absolute atomic E-state index is 0.241. The van der Waals surface area contributed by atoms with Gasteiger partial charge in [-0.25, -0.2) is 0 Å². The minimum atomic E-state index is -0.576. The fourth-order valence-electron chi connectivity index (χ4n) is 4.45. The fraction of sp³-hybridized carbons (Fsp3) is 0.379. The Labute approximate surface area is 214 Å². The lowest BCUT2D eigenvalue weighted by atomic mass is 10.1. The van der Waals surface area contributed by atoms with Crippen LogP contribution in [0.15, 0.2) is 78.9 Å². The molecule has 1 fully saturated rings. The number of hydrogen-bond donors (Lipinski definition) is 2. The zero-order chi connectivity index (χ0) is 24.5. The molecule has 0 spiro atoms. The summed E-state index contributed by atoms with van der Waals surface area (Å²) in [6.07, 6.45) is 0.307. The molecule has 186 valence electrons. The van der Waals surface area contributed by atoms with Crippen molar-refractivity contribution in [1.29, 1.82) is 0 Å². The van der Waals surface area contributed by atoms with Crippen LogP contribution in [0.25, 0.3) is 0 Å². The Morgan fingerprint density at radius 2 is 1.69 bits per heavy atom. The number of nitrogens with zero attached hydrogens (tertiary/aromatic N) is 2. The Bertz CT molecular complexity index is 1020. The molecule has 4 rings (SSSR count). The third kappa shape index (κ3) is 7.97. The lowest BCUT2D eigenvalue weighted by molar-refractivity contribution is 0.170. The van der Waals surface area contributed by atoms with Gasteiger partial charge in [0, 0.05) is 56.0 Å². The second-order valence-electron chi connectivity index (χ2n) is 9.24. The van der Waals surface area contributed by atoms with Crippen LogP contribution < -0.4 is 15.0 Å². The highest BCUT2D eigenvalue weighted by atomic mass is 35.5. The predicted molar refractivity (Wildman–Crippen MR) is 145 cm³/mol. The molecule has 1 heterocycles. The van der Waals surface area contributed by atoms with Gasteiger partial charge in [0.25, 0.3) is 0 Å². The van der Waals surface area contributed by atoms with Crippen molar-refractivity contribution in [2.75, 3.05) is 50.8 Å². The first-order valence-electron chi connectivity index (χ1n) is 12.5. The van der Waals surface area contributed by atoms with Gasteiger partial charge in [-0.2, -0.15) is 0 Å². The average Bonchev–Trinajstić information content (AvgIpc) is 2.89. The Kier molecular flexibility index (Phi) is 9.43. The van der Waals surface area contributed by atoms with E-state index in [4.69, 9.17) is 16.3 Å². The number of rotatable bonds is 11. The standard InChI is InChI=1S/C29H36ClN3O2/c1-23(31-22-29(34)25-6-5-7-26(30)21-25)20-24-10-12-28(13-11-24)35-19-18-32-14-16-33(17-15-32)27-8-3-2-4-9-27/h2-13,21,23,29,31,34H,14-20,22H2,1H3. The Balaban J connectivity index is 1.13. The Morgan fingerprint density at radius 1 is 0.943 bits per heavy atom. The zero-order valence-electron chi connectivity index (χ0n) is 20.4. The maximum atomic E-state index is 10.4. The van der Waals surface area contributed by atoms with E-state index in [1.807, 2.05) is 24.3 Å². The molecule has 6 heteroatoms. The summed E-state index contributed by atoms with van der Waals surface area (Å²) >= 11 is 6.02. The van der Waals surface area contributed by atoms with E-state index in [1.165, 1.54) is 11.3 Å². The van der Waals surface area contributed by atoms with Crippen LogP contribution in [0.3, 0.4) is 0 Å². The van der Waals surface area contributed by atoms with E-state index in [0.29, 0.717) is 18.2 Å². The second-order valence-corrected chi connectivity index (χ2v) is 9.68. The lowest BCUT2D eigenvalue weighted by Crippen LogP contribution is -2.47. The van der Waals surface area contributed by atoms with Crippen LogP contribution in [0.2, 0.25) is 5.02 Å². The molecule has 1 aliphatic rings. The number of ether oxygens (including phenoxy) is 1. The predicted octanol–water partition coefficient (Wildman–Crippen LogP) is 4.80. The summed E-state index contributed by atoms with van der Waals surface area (Å²) in [5, 5.41) is 14.5. The molecule has 5 nitrogen and oxygen atoms in total. The van der Waals surface area contributed by atoms with Crippen LogP contribution >= 0.6 is 11.6 Å². The SMILES string of the molecule is CC(Cc1ccc(OCCN2CCN(c3ccccc3)CC2)cc1)NCC(O)c1cccc(Cl)c1.